The highest BCUT2D eigenvalue weighted by molar-refractivity contribution is 5.96. The lowest BCUT2D eigenvalue weighted by Crippen LogP contribution is -2.37. The Hall–Kier alpha value is -1.88. The van der Waals surface area contributed by atoms with Crippen molar-refractivity contribution >= 4 is 22.6 Å². The number of nitrogens with one attached hydrogen (secondary N) is 2. The van der Waals surface area contributed by atoms with Gasteiger partial charge >= 0.3 is 0 Å². The predicted molar refractivity (Wildman–Crippen MR) is 77.2 cm³/mol. The molecule has 0 saturated carbocycles. The molecule has 2 rings (SSSR count). The molecule has 0 saturated heterocycles. The fraction of sp³-hybridized carbons (Fsp3) is 0.429. The van der Waals surface area contributed by atoms with Gasteiger partial charge in [-0.25, -0.2) is 4.98 Å². The summed E-state index contributed by atoms with van der Waals surface area (Å²) in [5.41, 5.74) is 2.74. The minimum atomic E-state index is 0.00691. The number of imidazole rings is 1. The highest BCUT2D eigenvalue weighted by Gasteiger charge is 2.20. The number of hydrogen-bond donors (Lipinski definition) is 2. The molecule has 0 radical (unpaired) electrons. The van der Waals surface area contributed by atoms with Crippen LogP contribution in [0.25, 0.3) is 11.0 Å². The van der Waals surface area contributed by atoms with Crippen molar-refractivity contribution in [2.24, 2.45) is 5.92 Å². The van der Waals surface area contributed by atoms with Crippen molar-refractivity contribution in [3.8, 4) is 0 Å². The Kier molecular flexibility index (Phi) is 4.16. The van der Waals surface area contributed by atoms with E-state index in [2.05, 4.69) is 15.3 Å². The van der Waals surface area contributed by atoms with Gasteiger partial charge in [-0.05, 0) is 31.7 Å². The van der Waals surface area contributed by atoms with Gasteiger partial charge in [0.25, 0.3) is 0 Å². The van der Waals surface area contributed by atoms with Crippen LogP contribution in [0.5, 0.6) is 0 Å². The summed E-state index contributed by atoms with van der Waals surface area (Å²) in [6, 6.07) is 5.80. The molecule has 1 unspecified atom stereocenters. The van der Waals surface area contributed by atoms with Crippen molar-refractivity contribution in [2.75, 3.05) is 25.5 Å². The summed E-state index contributed by atoms with van der Waals surface area (Å²) in [6.45, 7) is 2.73. The van der Waals surface area contributed by atoms with E-state index in [1.807, 2.05) is 39.2 Å². The highest BCUT2D eigenvalue weighted by Crippen LogP contribution is 2.20. The number of aromatic amines is 1. The molecule has 0 aliphatic heterocycles. The van der Waals surface area contributed by atoms with Gasteiger partial charge in [-0.1, -0.05) is 6.92 Å². The molecule has 102 valence electrons. The SMILES string of the molecule is CCC(CNC)C(=O)N(C)c1ccc2nc[nH]c2c1. The molecule has 0 aliphatic rings. The fourth-order valence-corrected chi connectivity index (χ4v) is 2.19. The number of nitrogens with zero attached hydrogens (tertiary/aromatic N) is 2. The first-order valence-corrected chi connectivity index (χ1v) is 6.52. The summed E-state index contributed by atoms with van der Waals surface area (Å²) in [6.07, 6.45) is 2.49. The third-order valence-electron chi connectivity index (χ3n) is 3.41. The molecule has 19 heavy (non-hydrogen) atoms. The third-order valence-corrected chi connectivity index (χ3v) is 3.41. The van der Waals surface area contributed by atoms with E-state index >= 15 is 0 Å². The van der Waals surface area contributed by atoms with E-state index < -0.39 is 0 Å². The van der Waals surface area contributed by atoms with Gasteiger partial charge < -0.3 is 15.2 Å². The molecule has 1 aromatic heterocycles. The number of hydrogen-bond acceptors (Lipinski definition) is 3. The second-order valence-corrected chi connectivity index (χ2v) is 4.66. The van der Waals surface area contributed by atoms with Crippen molar-refractivity contribution in [3.63, 3.8) is 0 Å². The van der Waals surface area contributed by atoms with Crippen LogP contribution in [-0.2, 0) is 4.79 Å². The average Bonchev–Trinajstić information content (AvgIpc) is 2.90. The number of carbonyl (C=O) groups is 1. The summed E-state index contributed by atoms with van der Waals surface area (Å²) < 4.78 is 0. The maximum absolute atomic E-state index is 12.4. The zero-order valence-electron chi connectivity index (χ0n) is 11.6. The fourth-order valence-electron chi connectivity index (χ4n) is 2.19. The van der Waals surface area contributed by atoms with Crippen molar-refractivity contribution in [2.45, 2.75) is 13.3 Å². The van der Waals surface area contributed by atoms with Crippen LogP contribution in [0.1, 0.15) is 13.3 Å². The maximum Gasteiger partial charge on any atom is 0.231 e. The molecule has 0 aliphatic carbocycles. The Labute approximate surface area is 113 Å². The minimum Gasteiger partial charge on any atom is -0.345 e. The van der Waals surface area contributed by atoms with Crippen LogP contribution >= 0.6 is 0 Å². The molecule has 0 spiro atoms. The van der Waals surface area contributed by atoms with Crippen LogP contribution in [0.2, 0.25) is 0 Å². The zero-order chi connectivity index (χ0) is 13.8. The lowest BCUT2D eigenvalue weighted by Gasteiger charge is -2.23. The monoisotopic (exact) mass is 260 g/mol. The molecule has 2 aromatic rings. The Morgan fingerprint density at radius 1 is 1.53 bits per heavy atom. The first-order valence-electron chi connectivity index (χ1n) is 6.52. The maximum atomic E-state index is 12.4. The Balaban J connectivity index is 2.21. The molecular weight excluding hydrogens is 240 g/mol. The predicted octanol–water partition coefficient (Wildman–Crippen LogP) is 1.77. The van der Waals surface area contributed by atoms with E-state index in [0.29, 0.717) is 6.54 Å². The van der Waals surface area contributed by atoms with Gasteiger partial charge in [-0.2, -0.15) is 0 Å². The van der Waals surface area contributed by atoms with Crippen molar-refractivity contribution in [3.05, 3.63) is 24.5 Å². The van der Waals surface area contributed by atoms with E-state index in [4.69, 9.17) is 0 Å². The standard InChI is InChI=1S/C14H20N4O/c1-4-10(8-15-2)14(19)18(3)11-5-6-12-13(7-11)17-9-16-12/h5-7,9-10,15H,4,8H2,1-3H3,(H,16,17). The first kappa shape index (κ1) is 13.5. The van der Waals surface area contributed by atoms with E-state index in [9.17, 15) is 4.79 Å². The minimum absolute atomic E-state index is 0.00691. The molecule has 2 N–H and O–H groups in total. The lowest BCUT2D eigenvalue weighted by molar-refractivity contribution is -0.122. The number of fused-ring (bicyclic) bond motifs is 1. The van der Waals surface area contributed by atoms with Crippen molar-refractivity contribution < 1.29 is 4.79 Å². The number of anilines is 1. The van der Waals surface area contributed by atoms with Gasteiger partial charge in [0.2, 0.25) is 5.91 Å². The third kappa shape index (κ3) is 2.76. The van der Waals surface area contributed by atoms with Gasteiger partial charge in [0.05, 0.1) is 23.3 Å². The number of amides is 1. The van der Waals surface area contributed by atoms with Crippen LogP contribution in [0.15, 0.2) is 24.5 Å². The number of H-pyrrole nitrogens is 1. The van der Waals surface area contributed by atoms with Gasteiger partial charge in [-0.3, -0.25) is 4.79 Å². The Morgan fingerprint density at radius 2 is 2.32 bits per heavy atom. The van der Waals surface area contributed by atoms with Gasteiger partial charge in [0.1, 0.15) is 0 Å². The quantitative estimate of drug-likeness (QED) is 0.861. The van der Waals surface area contributed by atoms with E-state index in [0.717, 1.165) is 23.1 Å². The zero-order valence-corrected chi connectivity index (χ0v) is 11.6. The van der Waals surface area contributed by atoms with Crippen LogP contribution in [0.3, 0.4) is 0 Å². The molecule has 1 aromatic carbocycles. The molecule has 5 heteroatoms. The van der Waals surface area contributed by atoms with Crippen molar-refractivity contribution in [1.29, 1.82) is 0 Å². The Bertz CT molecular complexity index is 563. The summed E-state index contributed by atoms with van der Waals surface area (Å²) in [7, 11) is 3.69. The lowest BCUT2D eigenvalue weighted by atomic mass is 10.0. The highest BCUT2D eigenvalue weighted by atomic mass is 16.2. The second-order valence-electron chi connectivity index (χ2n) is 4.66. The number of carbonyl (C=O) groups excluding carboxylic acids is 1. The van der Waals surface area contributed by atoms with Crippen LogP contribution < -0.4 is 10.2 Å². The van der Waals surface area contributed by atoms with Gasteiger partial charge in [0.15, 0.2) is 0 Å². The number of benzene rings is 1. The summed E-state index contributed by atoms with van der Waals surface area (Å²) in [5, 5.41) is 3.07. The van der Waals surface area contributed by atoms with E-state index in [1.54, 1.807) is 11.2 Å². The molecule has 1 atom stereocenters. The molecule has 0 bridgehead atoms. The average molecular weight is 260 g/mol. The van der Waals surface area contributed by atoms with Crippen LogP contribution in [0, 0.1) is 5.92 Å². The first-order chi connectivity index (χ1) is 9.17. The summed E-state index contributed by atoms with van der Waals surface area (Å²) >= 11 is 0. The van der Waals surface area contributed by atoms with Gasteiger partial charge in [-0.15, -0.1) is 0 Å². The molecule has 1 heterocycles. The molecule has 1 amide bonds. The van der Waals surface area contributed by atoms with Crippen molar-refractivity contribution in [1.82, 2.24) is 15.3 Å². The van der Waals surface area contributed by atoms with Crippen LogP contribution in [-0.4, -0.2) is 36.5 Å². The smallest absolute Gasteiger partial charge is 0.231 e. The van der Waals surface area contributed by atoms with E-state index in [-0.39, 0.29) is 11.8 Å². The molecule has 0 fully saturated rings. The molecule has 5 nitrogen and oxygen atoms in total. The largest absolute Gasteiger partial charge is 0.345 e. The summed E-state index contributed by atoms with van der Waals surface area (Å²) in [5.74, 6) is 0.142. The number of aromatic nitrogens is 2. The van der Waals surface area contributed by atoms with Gasteiger partial charge in [0, 0.05) is 19.3 Å². The molecular formula is C14H20N4O. The number of rotatable bonds is 5. The second kappa shape index (κ2) is 5.84. The topological polar surface area (TPSA) is 61.0 Å². The van der Waals surface area contributed by atoms with E-state index in [1.165, 1.54) is 0 Å². The van der Waals surface area contributed by atoms with Crippen LogP contribution in [0.4, 0.5) is 5.69 Å². The normalized spacial score (nSPS) is 12.6. The summed E-state index contributed by atoms with van der Waals surface area (Å²) in [4.78, 5) is 21.3. The Morgan fingerprint density at radius 3 is 3.00 bits per heavy atom.